The summed E-state index contributed by atoms with van der Waals surface area (Å²) in [5, 5.41) is 0. The zero-order valence-corrected chi connectivity index (χ0v) is 6.59. The first kappa shape index (κ1) is 7.85. The van der Waals surface area contributed by atoms with Crippen LogP contribution in [0.1, 0.15) is 12.8 Å². The molecule has 0 amide bonds. The topological polar surface area (TPSA) is 31.7 Å². The zero-order chi connectivity index (χ0) is 7.94. The fourth-order valence-corrected chi connectivity index (χ4v) is 0.843. The van der Waals surface area contributed by atoms with Crippen LogP contribution in [-0.4, -0.2) is 11.5 Å². The molecule has 2 N–H and O–H groups in total. The van der Waals surface area contributed by atoms with Crippen LogP contribution in [0.25, 0.3) is 0 Å². The number of hydrogen-bond acceptors (Lipinski definition) is 1. The molecule has 0 aliphatic rings. The molecule has 1 aromatic rings. The average Bonchev–Trinajstić information content (AvgIpc) is 2.50. The van der Waals surface area contributed by atoms with Gasteiger partial charge in [0.2, 0.25) is 0 Å². The van der Waals surface area contributed by atoms with E-state index in [2.05, 4.69) is 17.0 Å². The highest BCUT2D eigenvalue weighted by molar-refractivity contribution is 4.67. The number of imidazole rings is 1. The number of nitrogens with zero attached hydrogens (tertiary/aromatic N) is 1. The highest BCUT2D eigenvalue weighted by Gasteiger charge is 1.91. The third-order valence-electron chi connectivity index (χ3n) is 1.42. The van der Waals surface area contributed by atoms with Crippen molar-refractivity contribution in [1.29, 1.82) is 0 Å². The molecule has 0 saturated heterocycles. The molecule has 0 fully saturated rings. The van der Waals surface area contributed by atoms with Gasteiger partial charge in [0.15, 0.2) is 6.20 Å². The predicted octanol–water partition coefficient (Wildman–Crippen LogP) is 0.812. The predicted molar refractivity (Wildman–Crippen MR) is 44.6 cm³/mol. The van der Waals surface area contributed by atoms with Gasteiger partial charge in [0.1, 0.15) is 6.20 Å². The van der Waals surface area contributed by atoms with Gasteiger partial charge in [0.25, 0.3) is 6.33 Å². The van der Waals surface area contributed by atoms with Gasteiger partial charge in [0, 0.05) is 0 Å². The average molecular weight is 152 g/mol. The maximum absolute atomic E-state index is 3.65. The third-order valence-corrected chi connectivity index (χ3v) is 1.42. The lowest BCUT2D eigenvalue weighted by Gasteiger charge is -1.97. The van der Waals surface area contributed by atoms with Crippen LogP contribution in [0.3, 0.4) is 0 Å². The van der Waals surface area contributed by atoms with E-state index < -0.39 is 0 Å². The standard InChI is InChI=1S/C8H13N3/c1-2-3-4-5-10-11-7-6-9-8-11/h2,6-8,10H,1,3-5H2/p+1. The summed E-state index contributed by atoms with van der Waals surface area (Å²) in [7, 11) is 0. The molecular weight excluding hydrogens is 138 g/mol. The fraction of sp³-hybridized carbons (Fsp3) is 0.375. The molecule has 1 rings (SSSR count). The summed E-state index contributed by atoms with van der Waals surface area (Å²) < 4.78 is 1.91. The maximum Gasteiger partial charge on any atom is 0.264 e. The molecule has 0 radical (unpaired) electrons. The number of aromatic amines is 1. The zero-order valence-electron chi connectivity index (χ0n) is 6.59. The third kappa shape index (κ3) is 2.89. The summed E-state index contributed by atoms with van der Waals surface area (Å²) in [6.45, 7) is 4.64. The summed E-state index contributed by atoms with van der Waals surface area (Å²) >= 11 is 0. The first-order valence-electron chi connectivity index (χ1n) is 3.82. The van der Waals surface area contributed by atoms with Crippen molar-refractivity contribution in [2.75, 3.05) is 12.0 Å². The van der Waals surface area contributed by atoms with Gasteiger partial charge in [0.05, 0.1) is 6.54 Å². The Labute approximate surface area is 66.7 Å². The van der Waals surface area contributed by atoms with Crippen molar-refractivity contribution in [1.82, 2.24) is 4.98 Å². The molecule has 0 spiro atoms. The molecule has 3 heteroatoms. The largest absolute Gasteiger partial charge is 0.264 e. The molecular formula is C8H14N3+. The van der Waals surface area contributed by atoms with Crippen LogP contribution in [0, 0.1) is 0 Å². The van der Waals surface area contributed by atoms with Gasteiger partial charge < -0.3 is 0 Å². The molecule has 0 atom stereocenters. The molecule has 0 aliphatic heterocycles. The van der Waals surface area contributed by atoms with Crippen molar-refractivity contribution in [2.45, 2.75) is 12.8 Å². The number of H-pyrrole nitrogens is 1. The van der Waals surface area contributed by atoms with E-state index in [4.69, 9.17) is 0 Å². The molecule has 11 heavy (non-hydrogen) atoms. The Morgan fingerprint density at radius 3 is 3.18 bits per heavy atom. The van der Waals surface area contributed by atoms with Crippen molar-refractivity contribution in [3.63, 3.8) is 0 Å². The van der Waals surface area contributed by atoms with Crippen molar-refractivity contribution >= 4 is 0 Å². The van der Waals surface area contributed by atoms with E-state index in [0.29, 0.717) is 0 Å². The minimum absolute atomic E-state index is 0.981. The monoisotopic (exact) mass is 152 g/mol. The van der Waals surface area contributed by atoms with Gasteiger partial charge in [-0.05, 0) is 12.8 Å². The van der Waals surface area contributed by atoms with Crippen molar-refractivity contribution in [3.05, 3.63) is 31.4 Å². The molecule has 0 aromatic carbocycles. The molecule has 0 aliphatic carbocycles. The van der Waals surface area contributed by atoms with E-state index in [1.807, 2.05) is 29.5 Å². The highest BCUT2D eigenvalue weighted by atomic mass is 15.4. The second-order valence-corrected chi connectivity index (χ2v) is 2.36. The van der Waals surface area contributed by atoms with Crippen molar-refractivity contribution in [3.8, 4) is 0 Å². The molecule has 1 heterocycles. The number of aromatic nitrogens is 2. The number of nitrogens with one attached hydrogen (secondary N) is 2. The molecule has 60 valence electrons. The SMILES string of the molecule is C=CCCCN[n+]1cc[nH]c1. The molecule has 1 aromatic heterocycles. The van der Waals surface area contributed by atoms with Crippen molar-refractivity contribution in [2.24, 2.45) is 0 Å². The quantitative estimate of drug-likeness (QED) is 0.365. The van der Waals surface area contributed by atoms with E-state index >= 15 is 0 Å². The number of allylic oxidation sites excluding steroid dienone is 1. The van der Waals surface area contributed by atoms with Gasteiger partial charge >= 0.3 is 0 Å². The summed E-state index contributed by atoms with van der Waals surface area (Å²) in [5.74, 6) is 0. The van der Waals surface area contributed by atoms with E-state index in [9.17, 15) is 0 Å². The lowest BCUT2D eigenvalue weighted by atomic mass is 10.3. The number of rotatable bonds is 5. The van der Waals surface area contributed by atoms with Gasteiger partial charge in [-0.25, -0.2) is 4.98 Å². The van der Waals surface area contributed by atoms with Gasteiger partial charge in [-0.1, -0.05) is 6.08 Å². The second-order valence-electron chi connectivity index (χ2n) is 2.36. The van der Waals surface area contributed by atoms with Crippen LogP contribution < -0.4 is 10.1 Å². The Morgan fingerprint density at radius 1 is 1.64 bits per heavy atom. The first-order valence-corrected chi connectivity index (χ1v) is 3.82. The summed E-state index contributed by atoms with van der Waals surface area (Å²) in [5.41, 5.74) is 3.20. The van der Waals surface area contributed by atoms with Crippen LogP contribution in [0.5, 0.6) is 0 Å². The summed E-state index contributed by atoms with van der Waals surface area (Å²) in [4.78, 5) is 2.95. The van der Waals surface area contributed by atoms with Crippen LogP contribution in [0.2, 0.25) is 0 Å². The Bertz CT molecular complexity index is 191. The van der Waals surface area contributed by atoms with Crippen LogP contribution in [0.15, 0.2) is 31.4 Å². The van der Waals surface area contributed by atoms with Gasteiger partial charge in [-0.15, -0.1) is 11.3 Å². The second kappa shape index (κ2) is 4.55. The lowest BCUT2D eigenvalue weighted by Crippen LogP contribution is -2.43. The molecule has 0 unspecified atom stereocenters. The first-order chi connectivity index (χ1) is 5.43. The molecule has 3 nitrogen and oxygen atoms in total. The Kier molecular flexibility index (Phi) is 3.25. The normalized spacial score (nSPS) is 9.45. The maximum atomic E-state index is 3.65. The van der Waals surface area contributed by atoms with Gasteiger partial charge in [-0.2, -0.15) is 0 Å². The Hall–Kier alpha value is -1.25. The van der Waals surface area contributed by atoms with E-state index in [1.54, 1.807) is 0 Å². The number of hydrogen-bond donors (Lipinski definition) is 2. The minimum Gasteiger partial charge on any atom is -0.256 e. The minimum atomic E-state index is 0.981. The smallest absolute Gasteiger partial charge is 0.256 e. The molecule has 0 saturated carbocycles. The van der Waals surface area contributed by atoms with Crippen LogP contribution in [0.4, 0.5) is 0 Å². The van der Waals surface area contributed by atoms with E-state index in [0.717, 1.165) is 19.4 Å². The molecule has 0 bridgehead atoms. The fourth-order valence-electron chi connectivity index (χ4n) is 0.843. The highest BCUT2D eigenvalue weighted by Crippen LogP contribution is 1.85. The van der Waals surface area contributed by atoms with Crippen LogP contribution in [-0.2, 0) is 0 Å². The Morgan fingerprint density at radius 2 is 2.55 bits per heavy atom. The lowest BCUT2D eigenvalue weighted by molar-refractivity contribution is -0.648. The van der Waals surface area contributed by atoms with E-state index in [1.165, 1.54) is 0 Å². The number of unbranched alkanes of at least 4 members (excludes halogenated alkanes) is 1. The van der Waals surface area contributed by atoms with E-state index in [-0.39, 0.29) is 0 Å². The Balaban J connectivity index is 2.09. The van der Waals surface area contributed by atoms with Crippen LogP contribution >= 0.6 is 0 Å². The van der Waals surface area contributed by atoms with Crippen molar-refractivity contribution < 1.29 is 4.68 Å². The van der Waals surface area contributed by atoms with Gasteiger partial charge in [-0.3, -0.25) is 5.43 Å². The summed E-state index contributed by atoms with van der Waals surface area (Å²) in [6.07, 6.45) is 9.81. The summed E-state index contributed by atoms with van der Waals surface area (Å²) in [6, 6.07) is 0.